The zero-order valence-electron chi connectivity index (χ0n) is 10.2. The number of hydrogen-bond donors (Lipinski definition) is 2. The lowest BCUT2D eigenvalue weighted by Crippen LogP contribution is -2.02. The molecule has 1 aromatic heterocycles. The summed E-state index contributed by atoms with van der Waals surface area (Å²) in [4.78, 5) is 0. The third-order valence-corrected chi connectivity index (χ3v) is 3.20. The highest BCUT2D eigenvalue weighted by molar-refractivity contribution is 7.11. The molecule has 0 unspecified atom stereocenters. The van der Waals surface area contributed by atoms with Crippen LogP contribution in [0.5, 0.6) is 5.75 Å². The SMILES string of the molecule is CCOc1c(N)nsc1NCc1ccc(F)c(F)c1. The number of nitrogens with zero attached hydrogens (tertiary/aromatic N) is 1. The first kappa shape index (κ1) is 13.5. The fourth-order valence-corrected chi connectivity index (χ4v) is 2.18. The molecule has 0 aliphatic rings. The van der Waals surface area contributed by atoms with Crippen molar-refractivity contribution < 1.29 is 13.5 Å². The Hall–Kier alpha value is -1.89. The number of nitrogens with two attached hydrogens (primary N) is 1. The van der Waals surface area contributed by atoms with E-state index < -0.39 is 11.6 Å². The quantitative estimate of drug-likeness (QED) is 0.886. The van der Waals surface area contributed by atoms with E-state index in [1.54, 1.807) is 0 Å². The van der Waals surface area contributed by atoms with E-state index in [0.29, 0.717) is 35.3 Å². The van der Waals surface area contributed by atoms with Gasteiger partial charge in [0.2, 0.25) is 0 Å². The summed E-state index contributed by atoms with van der Waals surface area (Å²) >= 11 is 1.16. The van der Waals surface area contributed by atoms with E-state index in [1.807, 2.05) is 6.92 Å². The van der Waals surface area contributed by atoms with Gasteiger partial charge in [-0.15, -0.1) is 0 Å². The second-order valence-corrected chi connectivity index (χ2v) is 4.53. The number of halogens is 2. The van der Waals surface area contributed by atoms with E-state index in [9.17, 15) is 8.78 Å². The molecule has 0 radical (unpaired) electrons. The summed E-state index contributed by atoms with van der Waals surface area (Å²) in [6.45, 7) is 2.65. The Labute approximate surface area is 113 Å². The highest BCUT2D eigenvalue weighted by Gasteiger charge is 2.12. The summed E-state index contributed by atoms with van der Waals surface area (Å²) in [5, 5.41) is 3.71. The maximum Gasteiger partial charge on any atom is 0.197 e. The Bertz CT molecular complexity index is 574. The Morgan fingerprint density at radius 3 is 2.84 bits per heavy atom. The first-order valence-corrected chi connectivity index (χ1v) is 6.45. The van der Waals surface area contributed by atoms with Crippen LogP contribution in [0.15, 0.2) is 18.2 Å². The van der Waals surface area contributed by atoms with E-state index in [-0.39, 0.29) is 0 Å². The lowest BCUT2D eigenvalue weighted by Gasteiger charge is -2.07. The molecule has 2 rings (SSSR count). The summed E-state index contributed by atoms with van der Waals surface area (Å²) in [5.74, 6) is -0.913. The second-order valence-electron chi connectivity index (χ2n) is 3.76. The predicted molar refractivity (Wildman–Crippen MR) is 71.4 cm³/mol. The molecule has 2 aromatic rings. The van der Waals surface area contributed by atoms with Crippen LogP contribution in [0.4, 0.5) is 19.6 Å². The average molecular weight is 285 g/mol. The van der Waals surface area contributed by atoms with E-state index >= 15 is 0 Å². The van der Waals surface area contributed by atoms with Crippen LogP contribution >= 0.6 is 11.5 Å². The smallest absolute Gasteiger partial charge is 0.197 e. The van der Waals surface area contributed by atoms with Crippen LogP contribution in [0.3, 0.4) is 0 Å². The van der Waals surface area contributed by atoms with Crippen molar-refractivity contribution in [2.75, 3.05) is 17.7 Å². The third kappa shape index (κ3) is 3.11. The van der Waals surface area contributed by atoms with Crippen LogP contribution in [0.1, 0.15) is 12.5 Å². The van der Waals surface area contributed by atoms with Gasteiger partial charge < -0.3 is 15.8 Å². The number of benzene rings is 1. The fourth-order valence-electron chi connectivity index (χ4n) is 1.52. The van der Waals surface area contributed by atoms with Gasteiger partial charge in [0.05, 0.1) is 6.61 Å². The zero-order chi connectivity index (χ0) is 13.8. The van der Waals surface area contributed by atoms with Gasteiger partial charge in [-0.2, -0.15) is 4.37 Å². The molecular weight excluding hydrogens is 272 g/mol. The number of hydrogen-bond acceptors (Lipinski definition) is 5. The highest BCUT2D eigenvalue weighted by Crippen LogP contribution is 2.35. The maximum atomic E-state index is 13.1. The van der Waals surface area contributed by atoms with Crippen molar-refractivity contribution in [3.05, 3.63) is 35.4 Å². The van der Waals surface area contributed by atoms with Crippen molar-refractivity contribution in [3.8, 4) is 5.75 Å². The maximum absolute atomic E-state index is 13.1. The Morgan fingerprint density at radius 1 is 1.37 bits per heavy atom. The van der Waals surface area contributed by atoms with E-state index in [1.165, 1.54) is 6.07 Å². The molecule has 0 amide bonds. The number of ether oxygens (including phenoxy) is 1. The molecule has 19 heavy (non-hydrogen) atoms. The van der Waals surface area contributed by atoms with E-state index in [0.717, 1.165) is 23.7 Å². The molecule has 7 heteroatoms. The first-order chi connectivity index (χ1) is 9.11. The summed E-state index contributed by atoms with van der Waals surface area (Å²) < 4.78 is 35.2. The molecule has 0 saturated carbocycles. The third-order valence-electron chi connectivity index (χ3n) is 2.40. The summed E-state index contributed by atoms with van der Waals surface area (Å²) in [7, 11) is 0. The summed E-state index contributed by atoms with van der Waals surface area (Å²) in [6.07, 6.45) is 0. The van der Waals surface area contributed by atoms with Crippen molar-refractivity contribution in [3.63, 3.8) is 0 Å². The minimum atomic E-state index is -0.867. The number of nitrogens with one attached hydrogen (secondary N) is 1. The van der Waals surface area contributed by atoms with E-state index in [4.69, 9.17) is 10.5 Å². The van der Waals surface area contributed by atoms with Crippen molar-refractivity contribution in [2.24, 2.45) is 0 Å². The highest BCUT2D eigenvalue weighted by atomic mass is 32.1. The number of aromatic nitrogens is 1. The van der Waals surface area contributed by atoms with Gasteiger partial charge in [-0.05, 0) is 36.2 Å². The Kier molecular flexibility index (Phi) is 4.16. The lowest BCUT2D eigenvalue weighted by molar-refractivity contribution is 0.344. The monoisotopic (exact) mass is 285 g/mol. The van der Waals surface area contributed by atoms with Gasteiger partial charge in [-0.3, -0.25) is 0 Å². The van der Waals surface area contributed by atoms with Crippen molar-refractivity contribution in [1.82, 2.24) is 4.37 Å². The van der Waals surface area contributed by atoms with Crippen LogP contribution in [0.25, 0.3) is 0 Å². The number of rotatable bonds is 5. The standard InChI is InChI=1S/C12H13F2N3OS/c1-2-18-10-11(15)17-19-12(10)16-6-7-3-4-8(13)9(14)5-7/h3-5,16H,2,6H2,1H3,(H2,15,17). The molecular formula is C12H13F2N3OS. The van der Waals surface area contributed by atoms with Crippen LogP contribution in [-0.4, -0.2) is 11.0 Å². The van der Waals surface area contributed by atoms with Crippen LogP contribution < -0.4 is 15.8 Å². The van der Waals surface area contributed by atoms with Crippen LogP contribution in [0, 0.1) is 11.6 Å². The molecule has 1 heterocycles. The normalized spacial score (nSPS) is 10.5. The lowest BCUT2D eigenvalue weighted by atomic mass is 10.2. The Morgan fingerprint density at radius 2 is 2.16 bits per heavy atom. The molecule has 102 valence electrons. The van der Waals surface area contributed by atoms with Crippen LogP contribution in [-0.2, 0) is 6.54 Å². The predicted octanol–water partition coefficient (Wildman–Crippen LogP) is 3.01. The van der Waals surface area contributed by atoms with Crippen molar-refractivity contribution in [2.45, 2.75) is 13.5 Å². The molecule has 4 nitrogen and oxygen atoms in total. The summed E-state index contributed by atoms with van der Waals surface area (Å²) in [5.41, 5.74) is 6.28. The molecule has 0 fully saturated rings. The average Bonchev–Trinajstić information content (AvgIpc) is 2.73. The molecule has 0 aliphatic carbocycles. The van der Waals surface area contributed by atoms with Gasteiger partial charge in [0.25, 0.3) is 0 Å². The van der Waals surface area contributed by atoms with Gasteiger partial charge in [0.15, 0.2) is 28.2 Å². The zero-order valence-corrected chi connectivity index (χ0v) is 11.1. The molecule has 3 N–H and O–H groups in total. The molecule has 0 saturated heterocycles. The molecule has 0 atom stereocenters. The fraction of sp³-hybridized carbons (Fsp3) is 0.250. The molecule has 0 spiro atoms. The van der Waals surface area contributed by atoms with Crippen molar-refractivity contribution >= 4 is 22.4 Å². The Balaban J connectivity index is 2.07. The van der Waals surface area contributed by atoms with Gasteiger partial charge in [0, 0.05) is 6.54 Å². The molecule has 1 aromatic carbocycles. The van der Waals surface area contributed by atoms with Gasteiger partial charge in [-0.1, -0.05) is 6.07 Å². The van der Waals surface area contributed by atoms with Crippen LogP contribution in [0.2, 0.25) is 0 Å². The first-order valence-electron chi connectivity index (χ1n) is 5.67. The van der Waals surface area contributed by atoms with Gasteiger partial charge in [0.1, 0.15) is 0 Å². The topological polar surface area (TPSA) is 60.2 Å². The summed E-state index contributed by atoms with van der Waals surface area (Å²) in [6, 6.07) is 3.75. The van der Waals surface area contributed by atoms with Gasteiger partial charge in [-0.25, -0.2) is 8.78 Å². The second kappa shape index (κ2) is 5.83. The van der Waals surface area contributed by atoms with E-state index in [2.05, 4.69) is 9.69 Å². The minimum absolute atomic E-state index is 0.319. The van der Waals surface area contributed by atoms with Crippen molar-refractivity contribution in [1.29, 1.82) is 0 Å². The largest absolute Gasteiger partial charge is 0.487 e. The molecule has 0 aliphatic heterocycles. The molecule has 0 bridgehead atoms. The van der Waals surface area contributed by atoms with Gasteiger partial charge >= 0.3 is 0 Å². The minimum Gasteiger partial charge on any atom is -0.487 e. The number of nitrogen functional groups attached to an aromatic ring is 1. The number of anilines is 2.